The zero-order valence-electron chi connectivity index (χ0n) is 21.6. The highest BCUT2D eigenvalue weighted by atomic mass is 19.4. The lowest BCUT2D eigenvalue weighted by molar-refractivity contribution is -0.136. The number of pyridine rings is 1. The molecule has 0 saturated heterocycles. The number of aliphatic hydroxyl groups excluding tert-OH is 2. The number of imidazole rings is 1. The number of rotatable bonds is 8. The minimum atomic E-state index is -4.67. The van der Waals surface area contributed by atoms with Gasteiger partial charge in [0.05, 0.1) is 23.4 Å². The molecule has 5 aromatic rings. The Balaban J connectivity index is 1.54. The van der Waals surface area contributed by atoms with Crippen LogP contribution in [0.3, 0.4) is 0 Å². The highest BCUT2D eigenvalue weighted by Gasteiger charge is 2.35. The molecule has 0 radical (unpaired) electrons. The first kappa shape index (κ1) is 27.7. The zero-order chi connectivity index (χ0) is 29.1. The summed E-state index contributed by atoms with van der Waals surface area (Å²) in [5, 5.41) is 28.6. The molecule has 4 N–H and O–H groups in total. The van der Waals surface area contributed by atoms with E-state index in [1.165, 1.54) is 21.3 Å². The highest BCUT2D eigenvalue weighted by Crippen LogP contribution is 2.37. The Morgan fingerprint density at radius 3 is 2.32 bits per heavy atom. The Bertz CT molecular complexity index is 1670. The first-order valence-electron chi connectivity index (χ1n) is 12.5. The number of aromatic nitrogens is 4. The lowest BCUT2D eigenvalue weighted by Gasteiger charge is -2.12. The number of aliphatic hydroxyl groups is 2. The molecule has 0 saturated carbocycles. The van der Waals surface area contributed by atoms with Crippen LogP contribution in [-0.4, -0.2) is 54.7 Å². The maximum absolute atomic E-state index is 13.8. The predicted molar refractivity (Wildman–Crippen MR) is 145 cm³/mol. The largest absolute Gasteiger partial charge is 0.474 e. The van der Waals surface area contributed by atoms with Crippen LogP contribution >= 0.6 is 0 Å². The molecule has 2 aromatic carbocycles. The van der Waals surface area contributed by atoms with E-state index in [1.54, 1.807) is 67.6 Å². The number of carbonyl (C=O) groups excluding carboxylic acids is 1. The molecule has 5 rings (SSSR count). The van der Waals surface area contributed by atoms with Gasteiger partial charge in [-0.25, -0.2) is 14.5 Å². The van der Waals surface area contributed by atoms with Gasteiger partial charge in [0.25, 0.3) is 0 Å². The summed E-state index contributed by atoms with van der Waals surface area (Å²) in [5.74, 6) is 0.347. The van der Waals surface area contributed by atoms with Crippen LogP contribution in [0.2, 0.25) is 0 Å². The lowest BCUT2D eigenvalue weighted by atomic mass is 10.1. The molecule has 0 unspecified atom stereocenters. The monoisotopic (exact) mass is 566 g/mol. The maximum atomic E-state index is 13.8. The topological polar surface area (TPSA) is 126 Å². The molecule has 0 fully saturated rings. The van der Waals surface area contributed by atoms with E-state index in [1.807, 2.05) is 0 Å². The van der Waals surface area contributed by atoms with Gasteiger partial charge in [-0.15, -0.1) is 5.10 Å². The first-order valence-corrected chi connectivity index (χ1v) is 12.5. The van der Waals surface area contributed by atoms with Crippen LogP contribution in [0.1, 0.15) is 11.1 Å². The third-order valence-electron chi connectivity index (χ3n) is 6.17. The van der Waals surface area contributed by atoms with Crippen LogP contribution in [-0.2, 0) is 6.18 Å². The van der Waals surface area contributed by atoms with Gasteiger partial charge >= 0.3 is 12.2 Å². The Kier molecular flexibility index (Phi) is 7.64. The molecular weight excluding hydrogens is 541 g/mol. The summed E-state index contributed by atoms with van der Waals surface area (Å²) >= 11 is 0. The van der Waals surface area contributed by atoms with E-state index in [4.69, 9.17) is 9.84 Å². The van der Waals surface area contributed by atoms with Crippen molar-refractivity contribution < 1.29 is 32.9 Å². The third-order valence-corrected chi connectivity index (χ3v) is 6.17. The van der Waals surface area contributed by atoms with Crippen LogP contribution in [0, 0.1) is 6.92 Å². The number of para-hydroxylation sites is 1. The van der Waals surface area contributed by atoms with Gasteiger partial charge in [0.2, 0.25) is 5.88 Å². The fourth-order valence-electron chi connectivity index (χ4n) is 4.20. The predicted octanol–water partition coefficient (Wildman–Crippen LogP) is 4.89. The standard InChI is InChI=1S/C28H25F3N6O4/c1-17-23(37(19-11-6-3-7-12-19)35-26(17)41-16-20(39)15-38)33-27(40)34-25-22(18-9-4-2-5-10-18)32-24-21(28(29,30)31)13-8-14-36(24)25/h2-14,20,38-39H,15-16H2,1H3,(H2,33,34,40)/t20-/m1/s1. The fraction of sp³-hybridized carbons (Fsp3) is 0.179. The molecule has 13 heteroatoms. The summed E-state index contributed by atoms with van der Waals surface area (Å²) in [7, 11) is 0. The molecule has 0 aliphatic heterocycles. The molecule has 212 valence electrons. The normalized spacial score (nSPS) is 12.3. The minimum absolute atomic E-state index is 0.0285. The van der Waals surface area contributed by atoms with E-state index in [2.05, 4.69) is 20.7 Å². The van der Waals surface area contributed by atoms with Crippen LogP contribution in [0.15, 0.2) is 79.0 Å². The molecule has 0 spiro atoms. The summed E-state index contributed by atoms with van der Waals surface area (Å²) in [6.45, 7) is 0.894. The number of hydrogen-bond donors (Lipinski definition) is 4. The quantitative estimate of drug-likeness (QED) is 0.212. The van der Waals surface area contributed by atoms with Gasteiger partial charge in [0.1, 0.15) is 30.0 Å². The summed E-state index contributed by atoms with van der Waals surface area (Å²) in [6, 6.07) is 18.8. The number of hydrogen-bond acceptors (Lipinski definition) is 6. The van der Waals surface area contributed by atoms with Gasteiger partial charge in [0, 0.05) is 11.8 Å². The van der Waals surface area contributed by atoms with Crippen molar-refractivity contribution in [1.29, 1.82) is 0 Å². The van der Waals surface area contributed by atoms with Crippen LogP contribution in [0.5, 0.6) is 5.88 Å². The van der Waals surface area contributed by atoms with Gasteiger partial charge in [-0.05, 0) is 31.2 Å². The van der Waals surface area contributed by atoms with Gasteiger partial charge in [-0.1, -0.05) is 48.5 Å². The third kappa shape index (κ3) is 5.71. The summed E-state index contributed by atoms with van der Waals surface area (Å²) in [4.78, 5) is 17.7. The molecule has 3 aromatic heterocycles. The number of nitrogens with zero attached hydrogens (tertiary/aromatic N) is 4. The molecule has 3 heterocycles. The van der Waals surface area contributed by atoms with E-state index < -0.39 is 30.5 Å². The van der Waals surface area contributed by atoms with Crippen molar-refractivity contribution in [3.05, 3.63) is 90.1 Å². The molecule has 2 amide bonds. The van der Waals surface area contributed by atoms with Crippen molar-refractivity contribution in [2.24, 2.45) is 0 Å². The molecule has 41 heavy (non-hydrogen) atoms. The number of anilines is 2. The van der Waals surface area contributed by atoms with Gasteiger partial charge in [-0.2, -0.15) is 13.2 Å². The van der Waals surface area contributed by atoms with E-state index >= 15 is 0 Å². The average molecular weight is 567 g/mol. The van der Waals surface area contributed by atoms with E-state index in [9.17, 15) is 23.1 Å². The smallest absolute Gasteiger partial charge is 0.419 e. The number of alkyl halides is 3. The number of fused-ring (bicyclic) bond motifs is 1. The van der Waals surface area contributed by atoms with Crippen LogP contribution in [0.4, 0.5) is 29.6 Å². The Hall–Kier alpha value is -4.88. The lowest BCUT2D eigenvalue weighted by Crippen LogP contribution is -2.23. The summed E-state index contributed by atoms with van der Waals surface area (Å²) in [6.07, 6.45) is -4.41. The number of benzene rings is 2. The number of nitrogens with one attached hydrogen (secondary N) is 2. The fourth-order valence-corrected chi connectivity index (χ4v) is 4.20. The number of urea groups is 1. The summed E-state index contributed by atoms with van der Waals surface area (Å²) in [5.41, 5.74) is 0.331. The molecule has 1 atom stereocenters. The van der Waals surface area contributed by atoms with Crippen molar-refractivity contribution >= 4 is 23.3 Å². The van der Waals surface area contributed by atoms with Crippen molar-refractivity contribution in [2.75, 3.05) is 23.8 Å². The summed E-state index contributed by atoms with van der Waals surface area (Å²) < 4.78 is 49.5. The molecule has 0 aliphatic rings. The zero-order valence-corrected chi connectivity index (χ0v) is 21.6. The Labute approximate surface area is 231 Å². The second kappa shape index (κ2) is 11.3. The van der Waals surface area contributed by atoms with Crippen molar-refractivity contribution in [1.82, 2.24) is 19.2 Å². The average Bonchev–Trinajstić information content (AvgIpc) is 3.49. The van der Waals surface area contributed by atoms with Crippen molar-refractivity contribution in [3.8, 4) is 22.8 Å². The van der Waals surface area contributed by atoms with Crippen molar-refractivity contribution in [3.63, 3.8) is 0 Å². The second-order valence-electron chi connectivity index (χ2n) is 9.04. The molecule has 0 aliphatic carbocycles. The maximum Gasteiger partial charge on any atom is 0.419 e. The Morgan fingerprint density at radius 2 is 1.66 bits per heavy atom. The van der Waals surface area contributed by atoms with E-state index in [-0.39, 0.29) is 35.5 Å². The van der Waals surface area contributed by atoms with Crippen molar-refractivity contribution in [2.45, 2.75) is 19.2 Å². The van der Waals surface area contributed by atoms with Gasteiger partial charge in [0.15, 0.2) is 5.65 Å². The van der Waals surface area contributed by atoms with E-state index in [0.29, 0.717) is 16.8 Å². The number of carbonyl (C=O) groups is 1. The molecule has 0 bridgehead atoms. The minimum Gasteiger partial charge on any atom is -0.474 e. The second-order valence-corrected chi connectivity index (χ2v) is 9.04. The van der Waals surface area contributed by atoms with Gasteiger partial charge in [-0.3, -0.25) is 15.0 Å². The number of halogens is 3. The number of ether oxygens (including phenoxy) is 1. The van der Waals surface area contributed by atoms with Crippen LogP contribution < -0.4 is 15.4 Å². The Morgan fingerprint density at radius 1 is 1.00 bits per heavy atom. The molecular formula is C28H25F3N6O4. The molecule has 10 nitrogen and oxygen atoms in total. The highest BCUT2D eigenvalue weighted by molar-refractivity contribution is 6.02. The number of amides is 2. The van der Waals surface area contributed by atoms with Crippen LogP contribution in [0.25, 0.3) is 22.6 Å². The van der Waals surface area contributed by atoms with Gasteiger partial charge < -0.3 is 14.9 Å². The van der Waals surface area contributed by atoms with E-state index in [0.717, 1.165) is 6.07 Å². The first-order chi connectivity index (χ1) is 19.7. The SMILES string of the molecule is Cc1c(OC[C@H](O)CO)nn(-c2ccccc2)c1NC(=O)Nc1c(-c2ccccc2)nc2c(C(F)(F)F)cccn12.